The highest BCUT2D eigenvalue weighted by atomic mass is 19.1. The first-order chi connectivity index (χ1) is 19.0. The third-order valence-electron chi connectivity index (χ3n) is 6.66. The smallest absolute Gasteiger partial charge is 0.328 e. The van der Waals surface area contributed by atoms with Gasteiger partial charge < -0.3 is 30.2 Å². The number of nitrogens with one attached hydrogen (secondary N) is 2. The summed E-state index contributed by atoms with van der Waals surface area (Å²) in [4.78, 5) is 23.8. The van der Waals surface area contributed by atoms with Gasteiger partial charge in [0, 0.05) is 25.8 Å². The zero-order chi connectivity index (χ0) is 27.2. The number of nitrogen functional groups attached to an aromatic ring is 1. The molecule has 5 rings (SSSR count). The lowest BCUT2D eigenvalue weighted by molar-refractivity contribution is 0.0776. The molecule has 4 aromatic rings. The maximum absolute atomic E-state index is 15.0. The Morgan fingerprint density at radius 3 is 2.67 bits per heavy atom. The van der Waals surface area contributed by atoms with Crippen LogP contribution in [0.25, 0.3) is 11.2 Å². The lowest BCUT2D eigenvalue weighted by Gasteiger charge is -2.23. The number of ether oxygens (including phenoxy) is 3. The summed E-state index contributed by atoms with van der Waals surface area (Å²) in [6, 6.07) is 12.7. The van der Waals surface area contributed by atoms with Gasteiger partial charge in [0.1, 0.15) is 11.3 Å². The average molecular weight is 537 g/mol. The number of aromatic amines is 1. The van der Waals surface area contributed by atoms with E-state index in [-0.39, 0.29) is 24.1 Å². The quantitative estimate of drug-likeness (QED) is 0.244. The highest BCUT2D eigenvalue weighted by Gasteiger charge is 2.16. The first kappa shape index (κ1) is 26.6. The number of benzene rings is 2. The minimum Gasteiger partial charge on any atom is -0.463 e. The third-order valence-corrected chi connectivity index (χ3v) is 6.66. The molecule has 0 atom stereocenters. The molecule has 2 aromatic carbocycles. The fourth-order valence-corrected chi connectivity index (χ4v) is 4.42. The topological polar surface area (TPSA) is 129 Å². The van der Waals surface area contributed by atoms with Crippen LogP contribution in [0.4, 0.5) is 10.2 Å². The van der Waals surface area contributed by atoms with Crippen LogP contribution in [0.3, 0.4) is 0 Å². The fourth-order valence-electron chi connectivity index (χ4n) is 4.42. The van der Waals surface area contributed by atoms with Gasteiger partial charge in [-0.25, -0.2) is 9.18 Å². The van der Waals surface area contributed by atoms with Crippen LogP contribution in [0.15, 0.2) is 47.3 Å². The molecule has 0 unspecified atom stereocenters. The number of nitrogens with two attached hydrogens (primary N) is 1. The summed E-state index contributed by atoms with van der Waals surface area (Å²) in [7, 11) is 0. The molecule has 11 heteroatoms. The number of nitrogens with zero attached hydrogens (tertiary/aromatic N) is 3. The van der Waals surface area contributed by atoms with E-state index in [2.05, 4.69) is 20.3 Å². The van der Waals surface area contributed by atoms with E-state index in [4.69, 9.17) is 19.9 Å². The fraction of sp³-hybridized carbons (Fsp3) is 0.393. The highest BCUT2D eigenvalue weighted by molar-refractivity contribution is 5.81. The van der Waals surface area contributed by atoms with Crippen molar-refractivity contribution in [2.45, 2.75) is 51.7 Å². The second kappa shape index (κ2) is 12.3. The Labute approximate surface area is 225 Å². The standard InChI is InChI=1S/C28H33FN6O4/c1-2-3-12-38-27-33-25(30)24-26(34-27)35(28(36)32-24)17-19-6-9-23(22(29)15-19)39-21-7-4-18(5-8-21)16-31-20-10-13-37-14-11-20/h4-9,15,20,31H,2-3,10-14,16-17H2,1H3,(H,32,36)(H2,30,33,34). The van der Waals surface area contributed by atoms with E-state index in [1.165, 1.54) is 10.6 Å². The van der Waals surface area contributed by atoms with Crippen molar-refractivity contribution in [2.75, 3.05) is 25.6 Å². The summed E-state index contributed by atoms with van der Waals surface area (Å²) in [5.41, 5.74) is 7.88. The van der Waals surface area contributed by atoms with E-state index in [0.29, 0.717) is 35.1 Å². The van der Waals surface area contributed by atoms with Gasteiger partial charge in [0.25, 0.3) is 0 Å². The normalized spacial score (nSPS) is 14.1. The van der Waals surface area contributed by atoms with Gasteiger partial charge in [0.15, 0.2) is 23.0 Å². The maximum Gasteiger partial charge on any atom is 0.328 e. The molecule has 0 radical (unpaired) electrons. The maximum atomic E-state index is 15.0. The Kier molecular flexibility index (Phi) is 8.38. The second-order valence-electron chi connectivity index (χ2n) is 9.59. The number of halogens is 1. The van der Waals surface area contributed by atoms with Crippen LogP contribution >= 0.6 is 0 Å². The van der Waals surface area contributed by atoms with Crippen molar-refractivity contribution >= 4 is 17.0 Å². The molecule has 0 aliphatic carbocycles. The van der Waals surface area contributed by atoms with Crippen molar-refractivity contribution in [3.63, 3.8) is 0 Å². The Balaban J connectivity index is 1.25. The van der Waals surface area contributed by atoms with Crippen molar-refractivity contribution in [1.82, 2.24) is 24.8 Å². The summed E-state index contributed by atoms with van der Waals surface area (Å²) < 4.78 is 33.1. The summed E-state index contributed by atoms with van der Waals surface area (Å²) in [6.07, 6.45) is 3.83. The molecule has 1 aliphatic heterocycles. The predicted molar refractivity (Wildman–Crippen MR) is 146 cm³/mol. The predicted octanol–water partition coefficient (Wildman–Crippen LogP) is 4.13. The second-order valence-corrected chi connectivity index (χ2v) is 9.59. The van der Waals surface area contributed by atoms with Gasteiger partial charge in [0.05, 0.1) is 13.2 Å². The molecule has 4 N–H and O–H groups in total. The van der Waals surface area contributed by atoms with Gasteiger partial charge in [-0.1, -0.05) is 31.5 Å². The van der Waals surface area contributed by atoms with Gasteiger partial charge in [-0.2, -0.15) is 9.97 Å². The van der Waals surface area contributed by atoms with E-state index < -0.39 is 11.5 Å². The number of rotatable bonds is 11. The first-order valence-corrected chi connectivity index (χ1v) is 13.3. The SMILES string of the molecule is CCCCOc1nc(N)c2[nH]c(=O)n(Cc3ccc(Oc4ccc(CNC5CCOCC5)cc4)c(F)c3)c2n1. The molecule has 1 fully saturated rings. The van der Waals surface area contributed by atoms with E-state index in [0.717, 1.165) is 51.0 Å². The van der Waals surface area contributed by atoms with Crippen LogP contribution < -0.4 is 26.2 Å². The largest absolute Gasteiger partial charge is 0.463 e. The molecule has 0 spiro atoms. The molecule has 39 heavy (non-hydrogen) atoms. The Bertz CT molecular complexity index is 1460. The van der Waals surface area contributed by atoms with Crippen LogP contribution in [0.2, 0.25) is 0 Å². The Hall–Kier alpha value is -3.96. The van der Waals surface area contributed by atoms with Gasteiger partial charge in [-0.05, 0) is 54.7 Å². The van der Waals surface area contributed by atoms with Crippen LogP contribution in [0.1, 0.15) is 43.7 Å². The van der Waals surface area contributed by atoms with Crippen molar-refractivity contribution in [3.05, 3.63) is 69.9 Å². The van der Waals surface area contributed by atoms with Crippen molar-refractivity contribution in [2.24, 2.45) is 0 Å². The lowest BCUT2D eigenvalue weighted by Crippen LogP contribution is -2.34. The summed E-state index contributed by atoms with van der Waals surface area (Å²) in [5, 5.41) is 3.54. The van der Waals surface area contributed by atoms with Crippen molar-refractivity contribution in [3.8, 4) is 17.5 Å². The van der Waals surface area contributed by atoms with Gasteiger partial charge in [-0.15, -0.1) is 0 Å². The van der Waals surface area contributed by atoms with Crippen LogP contribution in [0.5, 0.6) is 17.5 Å². The summed E-state index contributed by atoms with van der Waals surface area (Å²) in [5.74, 6) is 0.203. The Morgan fingerprint density at radius 2 is 1.92 bits per heavy atom. The molecule has 3 heterocycles. The van der Waals surface area contributed by atoms with E-state index >= 15 is 0 Å². The molecule has 2 aromatic heterocycles. The summed E-state index contributed by atoms with van der Waals surface area (Å²) >= 11 is 0. The number of anilines is 1. The van der Waals surface area contributed by atoms with E-state index in [1.54, 1.807) is 12.1 Å². The zero-order valence-corrected chi connectivity index (χ0v) is 21.9. The summed E-state index contributed by atoms with van der Waals surface area (Å²) in [6.45, 7) is 4.92. The molecular formula is C28H33FN6O4. The van der Waals surface area contributed by atoms with E-state index in [9.17, 15) is 9.18 Å². The van der Waals surface area contributed by atoms with Gasteiger partial charge >= 0.3 is 11.7 Å². The lowest BCUT2D eigenvalue weighted by atomic mass is 10.1. The number of unbranched alkanes of at least 4 members (excludes halogenated alkanes) is 1. The molecule has 1 saturated heterocycles. The third kappa shape index (κ3) is 6.55. The average Bonchev–Trinajstić information content (AvgIpc) is 3.26. The molecule has 0 amide bonds. The van der Waals surface area contributed by atoms with Crippen LogP contribution in [0, 0.1) is 5.82 Å². The number of aromatic nitrogens is 4. The minimum atomic E-state index is -0.539. The molecule has 1 aliphatic rings. The van der Waals surface area contributed by atoms with E-state index in [1.807, 2.05) is 31.2 Å². The first-order valence-electron chi connectivity index (χ1n) is 13.3. The number of fused-ring (bicyclic) bond motifs is 1. The Morgan fingerprint density at radius 1 is 1.15 bits per heavy atom. The van der Waals surface area contributed by atoms with Gasteiger partial charge in [-0.3, -0.25) is 4.57 Å². The zero-order valence-electron chi connectivity index (χ0n) is 21.9. The number of hydrogen-bond acceptors (Lipinski definition) is 8. The molecule has 0 saturated carbocycles. The minimum absolute atomic E-state index is 0.0791. The van der Waals surface area contributed by atoms with Crippen LogP contribution in [-0.2, 0) is 17.8 Å². The number of H-pyrrole nitrogens is 1. The number of imidazole rings is 1. The molecule has 206 valence electrons. The molecule has 10 nitrogen and oxygen atoms in total. The van der Waals surface area contributed by atoms with Crippen molar-refractivity contribution in [1.29, 1.82) is 0 Å². The number of hydrogen-bond donors (Lipinski definition) is 3. The van der Waals surface area contributed by atoms with Crippen LogP contribution in [-0.4, -0.2) is 45.4 Å². The molecule has 0 bridgehead atoms. The molecular weight excluding hydrogens is 503 g/mol. The van der Waals surface area contributed by atoms with Crippen molar-refractivity contribution < 1.29 is 18.6 Å². The monoisotopic (exact) mass is 536 g/mol. The highest BCUT2D eigenvalue weighted by Crippen LogP contribution is 2.26. The van der Waals surface area contributed by atoms with Gasteiger partial charge in [0.2, 0.25) is 0 Å².